The van der Waals surface area contributed by atoms with Crippen molar-refractivity contribution in [2.45, 2.75) is 71.6 Å². The topological polar surface area (TPSA) is 0 Å². The third kappa shape index (κ3) is 8.84. The molecule has 2 aliphatic rings. The van der Waals surface area contributed by atoms with Crippen molar-refractivity contribution in [3.63, 3.8) is 0 Å². The normalized spacial score (nSPS) is 13.4. The third-order valence-corrected chi connectivity index (χ3v) is 9.08. The van der Waals surface area contributed by atoms with Gasteiger partial charge in [0, 0.05) is 0 Å². The van der Waals surface area contributed by atoms with Crippen molar-refractivity contribution < 1.29 is 49.0 Å². The predicted octanol–water partition coefficient (Wildman–Crippen LogP) is 5.45. The van der Waals surface area contributed by atoms with Gasteiger partial charge in [-0.2, -0.15) is 6.08 Å². The van der Waals surface area contributed by atoms with Gasteiger partial charge in [-0.1, -0.05) is 114 Å². The van der Waals surface area contributed by atoms with Gasteiger partial charge in [0.05, 0.1) is 0 Å². The molecule has 0 spiro atoms. The molecule has 226 valence electrons. The number of rotatable bonds is 2. The molecule has 0 radical (unpaired) electrons. The molecule has 1 fully saturated rings. The summed E-state index contributed by atoms with van der Waals surface area (Å²) in [6, 6.07) is 33.7. The minimum atomic E-state index is 0. The van der Waals surface area contributed by atoms with Gasteiger partial charge < -0.3 is 24.8 Å². The summed E-state index contributed by atoms with van der Waals surface area (Å²) in [6.07, 6.45) is 12.9. The molecule has 0 aromatic heterocycles. The second-order valence-corrected chi connectivity index (χ2v) is 15.2. The van der Waals surface area contributed by atoms with Gasteiger partial charge in [0.25, 0.3) is 0 Å². The van der Waals surface area contributed by atoms with E-state index in [0.717, 1.165) is 6.42 Å². The molecule has 0 nitrogen and oxygen atoms in total. The van der Waals surface area contributed by atoms with Gasteiger partial charge in [0.2, 0.25) is 0 Å². The average Bonchev–Trinajstić information content (AvgIpc) is 3.39. The second kappa shape index (κ2) is 15.2. The van der Waals surface area contributed by atoms with Crippen LogP contribution in [0.2, 0.25) is 0 Å². The molecule has 0 bridgehead atoms. The fourth-order valence-corrected chi connectivity index (χ4v) is 5.77. The Kier molecular flexibility index (Phi) is 12.5. The minimum absolute atomic E-state index is 0. The number of allylic oxidation sites excluding steroid dienone is 4. The van der Waals surface area contributed by atoms with E-state index in [1.807, 2.05) is 12.2 Å². The maximum absolute atomic E-state index is 2.99. The number of hydrogen-bond acceptors (Lipinski definition) is 0. The van der Waals surface area contributed by atoms with Crippen molar-refractivity contribution >= 4 is 24.8 Å². The molecule has 5 aromatic rings. The SMILES string of the molecule is CC(C)(C)c1cc2c(cc1-c1ccccc1)[cH-]c1cc(-c3ccccc3)c(C(C)(C)C)cc12.[C-]1=CC=CC1.[Cl-].[Cl-].[Zr+2]=[C]1CC1. The van der Waals surface area contributed by atoms with E-state index in [-0.39, 0.29) is 35.6 Å². The van der Waals surface area contributed by atoms with Crippen molar-refractivity contribution in [2.24, 2.45) is 0 Å². The van der Waals surface area contributed by atoms with Gasteiger partial charge in [-0.3, -0.25) is 6.08 Å². The van der Waals surface area contributed by atoms with Crippen molar-refractivity contribution in [2.75, 3.05) is 0 Å². The first-order valence-electron chi connectivity index (χ1n) is 15.1. The van der Waals surface area contributed by atoms with Crippen LogP contribution in [0.15, 0.2) is 109 Å². The Labute approximate surface area is 292 Å². The molecule has 3 heteroatoms. The fourth-order valence-electron chi connectivity index (χ4n) is 5.46. The molecule has 0 aliphatic heterocycles. The summed E-state index contributed by atoms with van der Waals surface area (Å²) in [5.74, 6) is 0. The Morgan fingerprint density at radius 1 is 0.636 bits per heavy atom. The number of hydrogen-bond donors (Lipinski definition) is 0. The zero-order valence-electron chi connectivity index (χ0n) is 26.8. The van der Waals surface area contributed by atoms with Crippen LogP contribution in [0.1, 0.15) is 71.9 Å². The standard InChI is InChI=1S/C33H33.C5H5.C3H4.2ClH.Zr/c1-32(2,3)30-20-26-24(18-28(30)22-13-9-7-10-14-22)17-25-19-29(23-15-11-8-12-16-23)31(21-27(25)26)33(4,5)6;1-2-4-5-3-1;1-2-3-1;;;/h7-21H,1-6H3;1-3H,4H2;1-2H2;2*1H;/q2*-1;;;;+2/p-2. The summed E-state index contributed by atoms with van der Waals surface area (Å²) in [7, 11) is 0. The molecule has 1 saturated carbocycles. The average molecular weight is 697 g/mol. The summed E-state index contributed by atoms with van der Waals surface area (Å²) in [5.41, 5.74) is 8.16. The van der Waals surface area contributed by atoms with Crippen LogP contribution in [0.3, 0.4) is 0 Å². The fraction of sp³-hybridized carbons (Fsp3) is 0.268. The van der Waals surface area contributed by atoms with Gasteiger partial charge in [0.1, 0.15) is 0 Å². The molecule has 0 amide bonds. The number of halogens is 2. The zero-order chi connectivity index (χ0) is 29.9. The molecule has 0 saturated heterocycles. The summed E-state index contributed by atoms with van der Waals surface area (Å²) in [6.45, 7) is 13.9. The molecule has 0 heterocycles. The molecular formula is C41H42Cl2Zr-2. The Morgan fingerprint density at radius 3 is 1.32 bits per heavy atom. The second-order valence-electron chi connectivity index (χ2n) is 13.5. The van der Waals surface area contributed by atoms with E-state index < -0.39 is 0 Å². The summed E-state index contributed by atoms with van der Waals surface area (Å²) < 4.78 is 1.76. The van der Waals surface area contributed by atoms with E-state index in [1.54, 1.807) is 27.4 Å². The van der Waals surface area contributed by atoms with Crippen molar-refractivity contribution in [3.8, 4) is 22.3 Å². The van der Waals surface area contributed by atoms with E-state index >= 15 is 0 Å². The molecule has 44 heavy (non-hydrogen) atoms. The van der Waals surface area contributed by atoms with E-state index in [4.69, 9.17) is 0 Å². The van der Waals surface area contributed by atoms with Crippen LogP contribution in [0.5, 0.6) is 0 Å². The molecular weight excluding hydrogens is 655 g/mol. The van der Waals surface area contributed by atoms with E-state index in [2.05, 4.69) is 145 Å². The van der Waals surface area contributed by atoms with Gasteiger partial charge in [0.15, 0.2) is 0 Å². The summed E-state index contributed by atoms with van der Waals surface area (Å²) in [4.78, 5) is 0. The molecule has 2 aliphatic carbocycles. The first-order valence-corrected chi connectivity index (χ1v) is 16.4. The van der Waals surface area contributed by atoms with Gasteiger partial charge in [-0.05, 0) is 44.2 Å². The van der Waals surface area contributed by atoms with Crippen molar-refractivity contribution in [1.29, 1.82) is 0 Å². The Morgan fingerprint density at radius 2 is 1.05 bits per heavy atom. The predicted molar refractivity (Wildman–Crippen MR) is 181 cm³/mol. The van der Waals surface area contributed by atoms with Gasteiger partial charge in [-0.15, -0.1) is 46.2 Å². The Hall–Kier alpha value is -2.44. The molecule has 5 aromatic carbocycles. The summed E-state index contributed by atoms with van der Waals surface area (Å²) >= 11 is 1.66. The van der Waals surface area contributed by atoms with Crippen LogP contribution in [0, 0.1) is 6.08 Å². The van der Waals surface area contributed by atoms with Crippen LogP contribution < -0.4 is 24.8 Å². The quantitative estimate of drug-likeness (QED) is 0.216. The van der Waals surface area contributed by atoms with Crippen LogP contribution >= 0.6 is 0 Å². The zero-order valence-corrected chi connectivity index (χ0v) is 30.7. The van der Waals surface area contributed by atoms with Gasteiger partial charge in [-0.25, -0.2) is 12.2 Å². The van der Waals surface area contributed by atoms with Crippen molar-refractivity contribution in [3.05, 3.63) is 126 Å². The van der Waals surface area contributed by atoms with Crippen LogP contribution in [0.4, 0.5) is 0 Å². The molecule has 0 atom stereocenters. The number of fused-ring (bicyclic) bond motifs is 3. The first kappa shape index (κ1) is 36.0. The van der Waals surface area contributed by atoms with Crippen LogP contribution in [0.25, 0.3) is 43.8 Å². The molecule has 0 N–H and O–H groups in total. The monoisotopic (exact) mass is 694 g/mol. The van der Waals surface area contributed by atoms with Crippen LogP contribution in [-0.4, -0.2) is 3.21 Å². The molecule has 7 rings (SSSR count). The summed E-state index contributed by atoms with van der Waals surface area (Å²) in [5, 5.41) is 5.36. The number of benzene rings is 4. The van der Waals surface area contributed by atoms with E-state index in [0.29, 0.717) is 0 Å². The van der Waals surface area contributed by atoms with E-state index in [1.165, 1.54) is 67.8 Å². The Bertz CT molecular complexity index is 1630. The Balaban J connectivity index is 0.000000413. The molecule has 0 unspecified atom stereocenters. The van der Waals surface area contributed by atoms with Gasteiger partial charge >= 0.3 is 40.3 Å². The first-order chi connectivity index (χ1) is 20.0. The van der Waals surface area contributed by atoms with E-state index in [9.17, 15) is 0 Å². The maximum atomic E-state index is 2.99. The van der Waals surface area contributed by atoms with Crippen LogP contribution in [-0.2, 0) is 35.1 Å². The van der Waals surface area contributed by atoms with Crippen molar-refractivity contribution in [1.82, 2.24) is 0 Å². The third-order valence-electron chi connectivity index (χ3n) is 7.85.